The monoisotopic (exact) mass is 205 g/mol. The molecule has 3 heteroatoms. The van der Waals surface area contributed by atoms with Gasteiger partial charge in [0.2, 0.25) is 0 Å². The van der Waals surface area contributed by atoms with Crippen LogP contribution in [0.4, 0.5) is 5.69 Å². The Labute approximate surface area is 92.0 Å². The average Bonchev–Trinajstić information content (AvgIpc) is 2.19. The molecule has 0 aliphatic carbocycles. The second-order valence-corrected chi connectivity index (χ2v) is 3.88. The predicted octanol–water partition coefficient (Wildman–Crippen LogP) is 1.69. The smallest absolute Gasteiger partial charge is 0.130 e. The summed E-state index contributed by atoms with van der Waals surface area (Å²) in [5.74, 6) is 1.00. The topological polar surface area (TPSA) is 18.8 Å². The van der Waals surface area contributed by atoms with Crippen molar-refractivity contribution in [1.82, 2.24) is 4.90 Å². The van der Waals surface area contributed by atoms with Crippen LogP contribution in [0.2, 0.25) is 0 Å². The van der Waals surface area contributed by atoms with E-state index in [0.717, 1.165) is 11.4 Å². The molecule has 0 aromatic heterocycles. The average molecular weight is 205 g/mol. The second kappa shape index (κ2) is 4.82. The Morgan fingerprint density at radius 3 is 1.87 bits per heavy atom. The second-order valence-electron chi connectivity index (χ2n) is 3.88. The molecule has 1 rings (SSSR count). The highest BCUT2D eigenvalue weighted by molar-refractivity contribution is 5.98. The van der Waals surface area contributed by atoms with Gasteiger partial charge in [0.05, 0.1) is 0 Å². The summed E-state index contributed by atoms with van der Waals surface area (Å²) in [5, 5.41) is 0. The fourth-order valence-electron chi connectivity index (χ4n) is 1.50. The van der Waals surface area contributed by atoms with Crippen molar-refractivity contribution in [3.05, 3.63) is 29.8 Å². The molecule has 1 aromatic carbocycles. The molecule has 0 fully saturated rings. The van der Waals surface area contributed by atoms with Gasteiger partial charge in [0.1, 0.15) is 5.84 Å². The summed E-state index contributed by atoms with van der Waals surface area (Å²) in [6.07, 6.45) is 0. The molecule has 0 N–H and O–H groups in total. The van der Waals surface area contributed by atoms with Gasteiger partial charge in [0.15, 0.2) is 0 Å². The summed E-state index contributed by atoms with van der Waals surface area (Å²) >= 11 is 0. The summed E-state index contributed by atoms with van der Waals surface area (Å²) in [4.78, 5) is 8.37. The van der Waals surface area contributed by atoms with E-state index in [1.54, 1.807) is 0 Å². The molecule has 0 saturated carbocycles. The number of hydrogen-bond acceptors (Lipinski definition) is 2. The van der Waals surface area contributed by atoms with Crippen molar-refractivity contribution in [3.63, 3.8) is 0 Å². The zero-order valence-corrected chi connectivity index (χ0v) is 10.2. The molecule has 0 saturated heterocycles. The molecule has 0 aliphatic heterocycles. The van der Waals surface area contributed by atoms with Crippen LogP contribution in [0.5, 0.6) is 0 Å². The van der Waals surface area contributed by atoms with Crippen LogP contribution in [-0.4, -0.2) is 46.0 Å². The molecular weight excluding hydrogens is 186 g/mol. The zero-order valence-electron chi connectivity index (χ0n) is 10.2. The van der Waals surface area contributed by atoms with Gasteiger partial charge in [0.25, 0.3) is 0 Å². The van der Waals surface area contributed by atoms with E-state index < -0.39 is 0 Å². The van der Waals surface area contributed by atoms with Gasteiger partial charge >= 0.3 is 0 Å². The molecule has 82 valence electrons. The number of rotatable bonds is 2. The van der Waals surface area contributed by atoms with Crippen LogP contribution in [0.15, 0.2) is 29.3 Å². The maximum absolute atomic E-state index is 4.26. The van der Waals surface area contributed by atoms with E-state index in [2.05, 4.69) is 34.2 Å². The fourth-order valence-corrected chi connectivity index (χ4v) is 1.50. The maximum atomic E-state index is 4.26. The van der Waals surface area contributed by atoms with Crippen molar-refractivity contribution in [1.29, 1.82) is 0 Å². The molecule has 0 aliphatic rings. The zero-order chi connectivity index (χ0) is 11.4. The number of nitrogens with zero attached hydrogens (tertiary/aromatic N) is 3. The molecule has 0 atom stereocenters. The first-order valence-corrected chi connectivity index (χ1v) is 4.98. The summed E-state index contributed by atoms with van der Waals surface area (Å²) in [7, 11) is 9.89. The Bertz CT molecular complexity index is 336. The van der Waals surface area contributed by atoms with Gasteiger partial charge in [-0.15, -0.1) is 0 Å². The minimum atomic E-state index is 1.00. The van der Waals surface area contributed by atoms with Crippen LogP contribution < -0.4 is 4.90 Å². The molecule has 3 nitrogen and oxygen atoms in total. The Morgan fingerprint density at radius 2 is 1.53 bits per heavy atom. The van der Waals surface area contributed by atoms with Crippen LogP contribution in [0.25, 0.3) is 0 Å². The maximum Gasteiger partial charge on any atom is 0.130 e. The highest BCUT2D eigenvalue weighted by Crippen LogP contribution is 2.13. The fraction of sp³-hybridized carbons (Fsp3) is 0.417. The van der Waals surface area contributed by atoms with Crippen LogP contribution in [0.1, 0.15) is 5.56 Å². The standard InChI is InChI=1S/C12H19N3/c1-13-12(15(4)5)10-6-8-11(9-7-10)14(2)3/h6-9H,1-5H3. The number of hydrogen-bond donors (Lipinski definition) is 0. The SMILES string of the molecule is CN=C(c1ccc(N(C)C)cc1)N(C)C. The van der Waals surface area contributed by atoms with E-state index in [-0.39, 0.29) is 0 Å². The predicted molar refractivity (Wildman–Crippen MR) is 66.9 cm³/mol. The number of anilines is 1. The first kappa shape index (κ1) is 11.6. The molecule has 0 amide bonds. The van der Waals surface area contributed by atoms with Crippen LogP contribution in [0, 0.1) is 0 Å². The van der Waals surface area contributed by atoms with E-state index in [0.29, 0.717) is 0 Å². The summed E-state index contributed by atoms with van der Waals surface area (Å²) in [6, 6.07) is 8.39. The normalized spacial score (nSPS) is 11.4. The Balaban J connectivity index is 2.98. The van der Waals surface area contributed by atoms with Crippen LogP contribution >= 0.6 is 0 Å². The van der Waals surface area contributed by atoms with Gasteiger partial charge < -0.3 is 9.80 Å². The molecular formula is C12H19N3. The molecule has 0 radical (unpaired) electrons. The Morgan fingerprint density at radius 1 is 1.00 bits per heavy atom. The van der Waals surface area contributed by atoms with E-state index in [1.165, 1.54) is 5.69 Å². The molecule has 0 heterocycles. The van der Waals surface area contributed by atoms with Crippen LogP contribution in [0.3, 0.4) is 0 Å². The highest BCUT2D eigenvalue weighted by atomic mass is 15.1. The van der Waals surface area contributed by atoms with Crippen LogP contribution in [-0.2, 0) is 0 Å². The van der Waals surface area contributed by atoms with Gasteiger partial charge in [-0.1, -0.05) is 0 Å². The van der Waals surface area contributed by atoms with Gasteiger partial charge in [-0.25, -0.2) is 0 Å². The van der Waals surface area contributed by atoms with Gasteiger partial charge in [0, 0.05) is 46.5 Å². The third kappa shape index (κ3) is 2.72. The third-order valence-electron chi connectivity index (χ3n) is 2.28. The van der Waals surface area contributed by atoms with Crippen molar-refractivity contribution < 1.29 is 0 Å². The third-order valence-corrected chi connectivity index (χ3v) is 2.28. The first-order chi connectivity index (χ1) is 7.06. The summed E-state index contributed by atoms with van der Waals surface area (Å²) in [6.45, 7) is 0. The van der Waals surface area contributed by atoms with Crippen molar-refractivity contribution in [2.75, 3.05) is 40.1 Å². The van der Waals surface area contributed by atoms with Crippen molar-refractivity contribution in [2.24, 2.45) is 4.99 Å². The molecule has 1 aromatic rings. The number of amidine groups is 1. The van der Waals surface area contributed by atoms with E-state index in [1.807, 2.05) is 40.1 Å². The summed E-state index contributed by atoms with van der Waals surface area (Å²) in [5.41, 5.74) is 2.35. The quantitative estimate of drug-likeness (QED) is 0.540. The molecule has 0 spiro atoms. The molecule has 0 unspecified atom stereocenters. The highest BCUT2D eigenvalue weighted by Gasteiger charge is 2.04. The van der Waals surface area contributed by atoms with Crippen molar-refractivity contribution in [2.45, 2.75) is 0 Å². The lowest BCUT2D eigenvalue weighted by Crippen LogP contribution is -2.23. The van der Waals surface area contributed by atoms with Gasteiger partial charge in [-0.3, -0.25) is 4.99 Å². The van der Waals surface area contributed by atoms with E-state index >= 15 is 0 Å². The lowest BCUT2D eigenvalue weighted by molar-refractivity contribution is 0.622. The Kier molecular flexibility index (Phi) is 3.72. The van der Waals surface area contributed by atoms with E-state index in [4.69, 9.17) is 0 Å². The minimum Gasteiger partial charge on any atom is -0.378 e. The number of benzene rings is 1. The number of aliphatic imine (C=N–C) groups is 1. The summed E-state index contributed by atoms with van der Waals surface area (Å²) < 4.78 is 0. The Hall–Kier alpha value is -1.51. The lowest BCUT2D eigenvalue weighted by Gasteiger charge is -2.17. The van der Waals surface area contributed by atoms with Crippen molar-refractivity contribution >= 4 is 11.5 Å². The molecule has 0 bridgehead atoms. The van der Waals surface area contributed by atoms with Gasteiger partial charge in [-0.05, 0) is 24.3 Å². The lowest BCUT2D eigenvalue weighted by atomic mass is 10.1. The molecule has 15 heavy (non-hydrogen) atoms. The van der Waals surface area contributed by atoms with Gasteiger partial charge in [-0.2, -0.15) is 0 Å². The first-order valence-electron chi connectivity index (χ1n) is 4.98. The minimum absolute atomic E-state index is 1.00. The van der Waals surface area contributed by atoms with Crippen molar-refractivity contribution in [3.8, 4) is 0 Å². The largest absolute Gasteiger partial charge is 0.378 e. The van der Waals surface area contributed by atoms with E-state index in [9.17, 15) is 0 Å².